The third-order valence-electron chi connectivity index (χ3n) is 7.80. The number of amides is 1. The van der Waals surface area contributed by atoms with Gasteiger partial charge in [0.15, 0.2) is 11.2 Å². The van der Waals surface area contributed by atoms with Crippen LogP contribution >= 0.6 is 0 Å². The number of anilines is 2. The van der Waals surface area contributed by atoms with Crippen LogP contribution in [0.4, 0.5) is 20.4 Å². The molecular weight excluding hydrogens is 538 g/mol. The Hall–Kier alpha value is -4.75. The first-order valence-electron chi connectivity index (χ1n) is 13.0. The predicted molar refractivity (Wildman–Crippen MR) is 147 cm³/mol. The summed E-state index contributed by atoms with van der Waals surface area (Å²) in [6, 6.07) is 7.74. The number of hydrogen-bond donors (Lipinski definition) is 1. The first kappa shape index (κ1) is 26.5. The molecule has 2 aliphatic rings. The maximum Gasteiger partial charge on any atom is 0.332 e. The standard InChI is InChI=1S/C27H26F2N8O4.H2/c1-14(38)10-36-25(40)22-23(34(3)26(36)41)31-13-37(22)15(2)24(39)33-20-6-4-5-19(32-20)16-7-8-21(30-9-16)35-11-17-18(12-35)27(17,28)29;/h4-9,13,15,17-18H,10-12H2,1-3H3,(H,32,33,39);1H/t15-,17?,18?;/m0./s1. The number of carbonyl (C=O) groups is 2. The highest BCUT2D eigenvalue weighted by Crippen LogP contribution is 2.59. The minimum atomic E-state index is -2.55. The number of pyridine rings is 2. The molecule has 1 amide bonds. The number of fused-ring (bicyclic) bond motifs is 2. The van der Waals surface area contributed by atoms with E-state index in [1.807, 2.05) is 4.90 Å². The van der Waals surface area contributed by atoms with Gasteiger partial charge in [-0.2, -0.15) is 0 Å². The summed E-state index contributed by atoms with van der Waals surface area (Å²) in [5.74, 6) is -3.71. The van der Waals surface area contributed by atoms with Crippen molar-refractivity contribution in [3.8, 4) is 11.3 Å². The van der Waals surface area contributed by atoms with Gasteiger partial charge in [0.05, 0.1) is 30.4 Å². The molecule has 4 aromatic heterocycles. The number of ketones is 1. The van der Waals surface area contributed by atoms with Crippen molar-refractivity contribution in [1.29, 1.82) is 0 Å². The van der Waals surface area contributed by atoms with E-state index in [0.29, 0.717) is 17.1 Å². The van der Waals surface area contributed by atoms with Crippen LogP contribution in [0.1, 0.15) is 21.3 Å². The highest BCUT2D eigenvalue weighted by molar-refractivity contribution is 5.93. The van der Waals surface area contributed by atoms with Gasteiger partial charge in [0, 0.05) is 33.3 Å². The lowest BCUT2D eigenvalue weighted by Gasteiger charge is -2.20. The summed E-state index contributed by atoms with van der Waals surface area (Å²) in [4.78, 5) is 65.5. The SMILES string of the molecule is CC(=O)Cn1c(=O)c2c(ncn2[C@@H](C)C(=O)Nc2cccc(-c3ccc(N4CC5C(C4)C5(F)F)nc3)n2)n(C)c1=O.[HH]. The molecular formula is C27H28F2N8O4. The van der Waals surface area contributed by atoms with Crippen molar-refractivity contribution in [2.45, 2.75) is 32.4 Å². The molecule has 0 aromatic carbocycles. The Morgan fingerprint density at radius 1 is 1.15 bits per heavy atom. The van der Waals surface area contributed by atoms with E-state index in [1.54, 1.807) is 43.5 Å². The number of hydrogen-bond acceptors (Lipinski definition) is 8. The lowest BCUT2D eigenvalue weighted by atomic mass is 10.2. The highest BCUT2D eigenvalue weighted by Gasteiger charge is 2.71. The molecule has 1 aliphatic carbocycles. The summed E-state index contributed by atoms with van der Waals surface area (Å²) < 4.78 is 30.4. The third-order valence-corrected chi connectivity index (χ3v) is 7.80. The molecule has 0 bridgehead atoms. The van der Waals surface area contributed by atoms with Crippen LogP contribution in [0.5, 0.6) is 0 Å². The van der Waals surface area contributed by atoms with E-state index >= 15 is 0 Å². The zero-order valence-corrected chi connectivity index (χ0v) is 22.4. The topological polar surface area (TPSA) is 137 Å². The second-order valence-electron chi connectivity index (χ2n) is 10.5. The van der Waals surface area contributed by atoms with Crippen LogP contribution in [0.25, 0.3) is 22.4 Å². The Balaban J connectivity index is 0.00000353. The fourth-order valence-corrected chi connectivity index (χ4v) is 5.39. The number of nitrogens with zero attached hydrogens (tertiary/aromatic N) is 7. The van der Waals surface area contributed by atoms with Crippen molar-refractivity contribution < 1.29 is 19.8 Å². The maximum atomic E-state index is 13.5. The molecule has 1 aliphatic heterocycles. The molecule has 2 unspecified atom stereocenters. The van der Waals surface area contributed by atoms with Gasteiger partial charge >= 0.3 is 5.69 Å². The molecule has 2 fully saturated rings. The number of rotatable bonds is 7. The van der Waals surface area contributed by atoms with Crippen LogP contribution < -0.4 is 21.5 Å². The monoisotopic (exact) mass is 566 g/mol. The molecule has 1 N–H and O–H groups in total. The summed E-state index contributed by atoms with van der Waals surface area (Å²) in [5, 5.41) is 2.74. The smallest absolute Gasteiger partial charge is 0.332 e. The number of aromatic nitrogens is 6. The van der Waals surface area contributed by atoms with Crippen molar-refractivity contribution >= 4 is 34.5 Å². The molecule has 214 valence electrons. The van der Waals surface area contributed by atoms with Gasteiger partial charge in [0.25, 0.3) is 11.5 Å². The fraction of sp³-hybridized carbons (Fsp3) is 0.370. The summed E-state index contributed by atoms with van der Waals surface area (Å²) in [7, 11) is 1.44. The van der Waals surface area contributed by atoms with Crippen LogP contribution in [0.3, 0.4) is 0 Å². The molecule has 4 aromatic rings. The summed E-state index contributed by atoms with van der Waals surface area (Å²) in [6.45, 7) is 3.02. The minimum absolute atomic E-state index is 0. The molecule has 6 rings (SSSR count). The molecule has 1 saturated heterocycles. The van der Waals surface area contributed by atoms with E-state index in [4.69, 9.17) is 0 Å². The van der Waals surface area contributed by atoms with Crippen molar-refractivity contribution in [1.82, 2.24) is 28.7 Å². The summed E-state index contributed by atoms with van der Waals surface area (Å²) in [6.07, 6.45) is 2.91. The Labute approximate surface area is 232 Å². The lowest BCUT2D eigenvalue weighted by Crippen LogP contribution is -2.41. The Kier molecular flexibility index (Phi) is 6.08. The second kappa shape index (κ2) is 9.42. The normalized spacial score (nSPS) is 19.7. The first-order valence-corrected chi connectivity index (χ1v) is 13.0. The number of aryl methyl sites for hydroxylation is 1. The number of nitrogens with one attached hydrogen (secondary N) is 1. The van der Waals surface area contributed by atoms with Crippen LogP contribution in [0.15, 0.2) is 52.4 Å². The highest BCUT2D eigenvalue weighted by atomic mass is 19.3. The van der Waals surface area contributed by atoms with Crippen LogP contribution in [-0.2, 0) is 23.2 Å². The number of halogens is 2. The van der Waals surface area contributed by atoms with Crippen LogP contribution in [0.2, 0.25) is 0 Å². The van der Waals surface area contributed by atoms with Crippen molar-refractivity contribution in [3.05, 3.63) is 63.7 Å². The van der Waals surface area contributed by atoms with E-state index in [2.05, 4.69) is 20.3 Å². The second-order valence-corrected chi connectivity index (χ2v) is 10.5. The molecule has 14 heteroatoms. The van der Waals surface area contributed by atoms with Crippen LogP contribution in [-0.4, -0.2) is 59.4 Å². The molecule has 3 atom stereocenters. The largest absolute Gasteiger partial charge is 0.356 e. The zero-order valence-electron chi connectivity index (χ0n) is 22.4. The van der Waals surface area contributed by atoms with E-state index < -0.39 is 47.5 Å². The fourth-order valence-electron chi connectivity index (χ4n) is 5.39. The van der Waals surface area contributed by atoms with Crippen molar-refractivity contribution in [2.75, 3.05) is 23.3 Å². The van der Waals surface area contributed by atoms with E-state index in [9.17, 15) is 28.0 Å². The van der Waals surface area contributed by atoms with Crippen LogP contribution in [0, 0.1) is 11.8 Å². The Bertz CT molecular complexity index is 1820. The molecule has 12 nitrogen and oxygen atoms in total. The lowest BCUT2D eigenvalue weighted by molar-refractivity contribution is -0.119. The Morgan fingerprint density at radius 3 is 2.54 bits per heavy atom. The van der Waals surface area contributed by atoms with Gasteiger partial charge in [-0.3, -0.25) is 23.5 Å². The number of piperidine rings is 1. The number of Topliss-reactive ketones (excluding diaryl/α,β-unsaturated/α-hetero) is 1. The van der Waals surface area contributed by atoms with Gasteiger partial charge in [0.1, 0.15) is 23.5 Å². The summed E-state index contributed by atoms with van der Waals surface area (Å²) in [5.41, 5.74) is -0.0629. The first-order chi connectivity index (χ1) is 19.5. The molecule has 41 heavy (non-hydrogen) atoms. The van der Waals surface area contributed by atoms with E-state index in [1.165, 1.54) is 24.9 Å². The van der Waals surface area contributed by atoms with Gasteiger partial charge in [0.2, 0.25) is 5.91 Å². The zero-order chi connectivity index (χ0) is 29.2. The number of imidazole rings is 1. The van der Waals surface area contributed by atoms with Gasteiger partial charge in [-0.25, -0.2) is 28.5 Å². The predicted octanol–water partition coefficient (Wildman–Crippen LogP) is 2.09. The average Bonchev–Trinajstić information content (AvgIpc) is 3.38. The van der Waals surface area contributed by atoms with Crippen molar-refractivity contribution in [2.24, 2.45) is 18.9 Å². The molecule has 5 heterocycles. The average molecular weight is 567 g/mol. The van der Waals surface area contributed by atoms with Gasteiger partial charge < -0.3 is 14.8 Å². The van der Waals surface area contributed by atoms with E-state index in [0.717, 1.165) is 9.13 Å². The molecule has 0 spiro atoms. The number of alkyl halides is 2. The number of carbonyl (C=O) groups excluding carboxylic acids is 2. The van der Waals surface area contributed by atoms with Crippen molar-refractivity contribution in [3.63, 3.8) is 0 Å². The van der Waals surface area contributed by atoms with Gasteiger partial charge in [-0.1, -0.05) is 6.07 Å². The maximum absolute atomic E-state index is 13.5. The Morgan fingerprint density at radius 2 is 1.88 bits per heavy atom. The molecule has 0 radical (unpaired) electrons. The van der Waals surface area contributed by atoms with Gasteiger partial charge in [-0.15, -0.1) is 0 Å². The van der Waals surface area contributed by atoms with Gasteiger partial charge in [-0.05, 0) is 38.1 Å². The quantitative estimate of drug-likeness (QED) is 0.359. The molecule has 1 saturated carbocycles. The van der Waals surface area contributed by atoms with E-state index in [-0.39, 0.29) is 37.3 Å². The minimum Gasteiger partial charge on any atom is -0.356 e. The summed E-state index contributed by atoms with van der Waals surface area (Å²) >= 11 is 0. The third kappa shape index (κ3) is 4.39.